The number of fused-ring (bicyclic) bond motifs is 3. The van der Waals surface area contributed by atoms with E-state index in [1.807, 2.05) is 18.0 Å². The summed E-state index contributed by atoms with van der Waals surface area (Å²) in [7, 11) is 1.86. The molecule has 0 aliphatic carbocycles. The van der Waals surface area contributed by atoms with Crippen LogP contribution in [0.5, 0.6) is 6.01 Å². The Morgan fingerprint density at radius 3 is 2.86 bits per heavy atom. The smallest absolute Gasteiger partial charge is 0.319 e. The number of nitrogens with one attached hydrogen (secondary N) is 1. The Bertz CT molecular complexity index is 1900. The van der Waals surface area contributed by atoms with E-state index in [-0.39, 0.29) is 61.5 Å². The maximum atomic E-state index is 16.9. The zero-order valence-electron chi connectivity index (χ0n) is 24.0. The lowest BCUT2D eigenvalue weighted by molar-refractivity contribution is 0.107. The van der Waals surface area contributed by atoms with Crippen molar-refractivity contribution in [1.29, 1.82) is 10.5 Å². The second-order valence-electron chi connectivity index (χ2n) is 11.8. The van der Waals surface area contributed by atoms with Gasteiger partial charge in [0.05, 0.1) is 27.4 Å². The first-order valence-electron chi connectivity index (χ1n) is 14.6. The number of rotatable bonds is 6. The molecule has 1 unspecified atom stereocenters. The summed E-state index contributed by atoms with van der Waals surface area (Å²) in [5, 5.41) is 23.9. The van der Waals surface area contributed by atoms with E-state index in [1.165, 1.54) is 18.2 Å². The highest BCUT2D eigenvalue weighted by Gasteiger charge is 2.49. The first-order chi connectivity index (χ1) is 21.2. The molecule has 13 heteroatoms. The monoisotopic (exact) mass is 618 g/mol. The predicted molar refractivity (Wildman–Crippen MR) is 162 cm³/mol. The number of nitrogen functional groups attached to an aromatic ring is 1. The number of benzene rings is 2. The maximum Gasteiger partial charge on any atom is 0.319 e. The quantitative estimate of drug-likeness (QED) is 0.311. The summed E-state index contributed by atoms with van der Waals surface area (Å²) < 4.78 is 52.4. The van der Waals surface area contributed by atoms with Gasteiger partial charge < -0.3 is 20.7 Å². The van der Waals surface area contributed by atoms with E-state index in [4.69, 9.17) is 15.5 Å². The molecule has 2 aromatic carbocycles. The lowest BCUT2D eigenvalue weighted by Crippen LogP contribution is -2.43. The van der Waals surface area contributed by atoms with Gasteiger partial charge in [-0.25, -0.2) is 13.2 Å². The molecule has 3 aliphatic heterocycles. The molecule has 4 aromatic rings. The van der Waals surface area contributed by atoms with Gasteiger partial charge in [0.15, 0.2) is 5.82 Å². The normalized spacial score (nSPS) is 23.2. The number of hydrogen-bond acceptors (Lipinski definition) is 10. The molecule has 0 spiro atoms. The Hall–Kier alpha value is -4.17. The second kappa shape index (κ2) is 10.8. The molecule has 44 heavy (non-hydrogen) atoms. The van der Waals surface area contributed by atoms with Crippen LogP contribution in [0.3, 0.4) is 0 Å². The van der Waals surface area contributed by atoms with Crippen LogP contribution in [-0.2, 0) is 0 Å². The Kier molecular flexibility index (Phi) is 7.00. The van der Waals surface area contributed by atoms with Gasteiger partial charge in [-0.1, -0.05) is 6.07 Å². The lowest BCUT2D eigenvalue weighted by Gasteiger charge is -2.31. The van der Waals surface area contributed by atoms with Crippen LogP contribution in [-0.4, -0.2) is 72.5 Å². The molecule has 3 saturated heterocycles. The number of aromatic nitrogens is 2. The topological polar surface area (TPSA) is 127 Å². The van der Waals surface area contributed by atoms with E-state index in [2.05, 4.69) is 21.3 Å². The number of halogens is 3. The lowest BCUT2D eigenvalue weighted by atomic mass is 9.93. The first-order valence-corrected chi connectivity index (χ1v) is 15.4. The molecule has 0 saturated carbocycles. The average Bonchev–Trinajstić information content (AvgIpc) is 3.80. The van der Waals surface area contributed by atoms with Crippen LogP contribution in [0.1, 0.15) is 36.8 Å². The number of likely N-dealkylation sites (N-methyl/N-ethyl adjacent to an activating group) is 1. The third kappa shape index (κ3) is 4.41. The number of alkyl halides is 1. The number of nitriles is 2. The van der Waals surface area contributed by atoms with Gasteiger partial charge in [0, 0.05) is 48.9 Å². The number of thiophene rings is 1. The van der Waals surface area contributed by atoms with E-state index < -0.39 is 23.3 Å². The molecule has 0 amide bonds. The third-order valence-electron chi connectivity index (χ3n) is 9.36. The molecular formula is C31H29F3N8OS. The standard InChI is InChI=1S/C31H29F3N8OS/c1-41(18-5-7-38-13-18)29-20-9-16(11-35)23(19-3-4-22(33)27-24(19)21(12-36)28(37)44-27)25(34)26(20)39-30(40-29)43-15-31-6-2-8-42(31)14-17(32)10-31/h3-4,9,17-18,38H,2,5-8,10,13-15,37H2,1H3/t17-,18?,31+/m1/s1. The average molecular weight is 619 g/mol. The van der Waals surface area contributed by atoms with Crippen molar-refractivity contribution in [1.82, 2.24) is 20.2 Å². The summed E-state index contributed by atoms with van der Waals surface area (Å²) >= 11 is 0.896. The number of nitrogens with two attached hydrogens (primary N) is 1. The Balaban J connectivity index is 1.42. The number of nitrogens with zero attached hydrogens (tertiary/aromatic N) is 6. The minimum Gasteiger partial charge on any atom is -0.461 e. The molecule has 5 heterocycles. The highest BCUT2D eigenvalue weighted by Crippen LogP contribution is 2.45. The zero-order valence-corrected chi connectivity index (χ0v) is 24.8. The number of hydrogen-bond donors (Lipinski definition) is 2. The molecule has 3 aliphatic rings. The molecule has 3 fully saturated rings. The Morgan fingerprint density at radius 1 is 1.27 bits per heavy atom. The van der Waals surface area contributed by atoms with E-state index in [0.29, 0.717) is 30.7 Å². The molecule has 2 aromatic heterocycles. The minimum atomic E-state index is -0.936. The van der Waals surface area contributed by atoms with Gasteiger partial charge in [-0.2, -0.15) is 20.5 Å². The number of anilines is 2. The van der Waals surface area contributed by atoms with Gasteiger partial charge >= 0.3 is 6.01 Å². The molecule has 9 nitrogen and oxygen atoms in total. The van der Waals surface area contributed by atoms with Gasteiger partial charge in [0.1, 0.15) is 41.0 Å². The summed E-state index contributed by atoms with van der Waals surface area (Å²) in [6.07, 6.45) is 1.99. The molecular weight excluding hydrogens is 589 g/mol. The SMILES string of the molecule is CN(c1nc(OC[C@@]23CCCN2C[C@H](F)C3)nc2c(F)c(-c3ccc(F)c4sc(N)c(C#N)c34)c(C#N)cc12)C1CCNC1. The molecule has 7 rings (SSSR count). The van der Waals surface area contributed by atoms with Crippen molar-refractivity contribution >= 4 is 43.1 Å². The first kappa shape index (κ1) is 28.6. The van der Waals surface area contributed by atoms with Crippen LogP contribution >= 0.6 is 11.3 Å². The van der Waals surface area contributed by atoms with Crippen LogP contribution in [0.15, 0.2) is 18.2 Å². The van der Waals surface area contributed by atoms with E-state index in [1.54, 1.807) is 0 Å². The summed E-state index contributed by atoms with van der Waals surface area (Å²) in [5.41, 5.74) is 5.55. The fourth-order valence-electron chi connectivity index (χ4n) is 7.18. The van der Waals surface area contributed by atoms with Crippen molar-refractivity contribution in [3.8, 4) is 29.3 Å². The van der Waals surface area contributed by atoms with Crippen molar-refractivity contribution in [2.45, 2.75) is 43.4 Å². The van der Waals surface area contributed by atoms with Crippen molar-refractivity contribution in [3.63, 3.8) is 0 Å². The van der Waals surface area contributed by atoms with Crippen LogP contribution < -0.4 is 20.7 Å². The van der Waals surface area contributed by atoms with Crippen LogP contribution in [0, 0.1) is 34.3 Å². The van der Waals surface area contributed by atoms with Crippen LogP contribution in [0.25, 0.3) is 32.1 Å². The van der Waals surface area contributed by atoms with Crippen molar-refractivity contribution in [3.05, 3.63) is 41.0 Å². The summed E-state index contributed by atoms with van der Waals surface area (Å²) in [6, 6.07) is 8.16. The van der Waals surface area contributed by atoms with E-state index in [9.17, 15) is 19.3 Å². The van der Waals surface area contributed by atoms with Gasteiger partial charge in [0.25, 0.3) is 0 Å². The second-order valence-corrected chi connectivity index (χ2v) is 12.9. The third-order valence-corrected chi connectivity index (χ3v) is 10.4. The van der Waals surface area contributed by atoms with E-state index in [0.717, 1.165) is 43.7 Å². The summed E-state index contributed by atoms with van der Waals surface area (Å²) in [6.45, 7) is 2.84. The number of ether oxygens (including phenoxy) is 1. The fraction of sp³-hybridized carbons (Fsp3) is 0.419. The fourth-order valence-corrected chi connectivity index (χ4v) is 8.12. The van der Waals surface area contributed by atoms with Crippen LogP contribution in [0.2, 0.25) is 0 Å². The molecule has 3 atom stereocenters. The highest BCUT2D eigenvalue weighted by atomic mass is 32.1. The Labute approximate surface area is 255 Å². The molecule has 226 valence electrons. The molecule has 0 radical (unpaired) electrons. The van der Waals surface area contributed by atoms with Crippen molar-refractivity contribution in [2.24, 2.45) is 0 Å². The highest BCUT2D eigenvalue weighted by molar-refractivity contribution is 7.23. The van der Waals surface area contributed by atoms with Gasteiger partial charge in [-0.15, -0.1) is 11.3 Å². The largest absolute Gasteiger partial charge is 0.461 e. The van der Waals surface area contributed by atoms with Gasteiger partial charge in [-0.05, 0) is 50.0 Å². The van der Waals surface area contributed by atoms with Crippen LogP contribution in [0.4, 0.5) is 24.0 Å². The van der Waals surface area contributed by atoms with Gasteiger partial charge in [-0.3, -0.25) is 4.90 Å². The molecule has 0 bridgehead atoms. The molecule has 3 N–H and O–H groups in total. The summed E-state index contributed by atoms with van der Waals surface area (Å²) in [4.78, 5) is 13.3. The van der Waals surface area contributed by atoms with Gasteiger partial charge in [0.2, 0.25) is 0 Å². The predicted octanol–water partition coefficient (Wildman–Crippen LogP) is 4.87. The van der Waals surface area contributed by atoms with E-state index >= 15 is 4.39 Å². The van der Waals surface area contributed by atoms with Crippen molar-refractivity contribution < 1.29 is 17.9 Å². The zero-order chi connectivity index (χ0) is 30.7. The Morgan fingerprint density at radius 2 is 2.11 bits per heavy atom. The maximum absolute atomic E-state index is 16.9. The minimum absolute atomic E-state index is 0.0199. The van der Waals surface area contributed by atoms with Crippen molar-refractivity contribution in [2.75, 3.05) is 50.5 Å². The summed E-state index contributed by atoms with van der Waals surface area (Å²) in [5.74, 6) is -1.02.